The van der Waals surface area contributed by atoms with Gasteiger partial charge in [0.2, 0.25) is 0 Å². The zero-order valence-electron chi connectivity index (χ0n) is 16.4. The summed E-state index contributed by atoms with van der Waals surface area (Å²) in [4.78, 5) is 17.2. The van der Waals surface area contributed by atoms with Crippen LogP contribution in [0.25, 0.3) is 0 Å². The van der Waals surface area contributed by atoms with E-state index in [2.05, 4.69) is 45.5 Å². The van der Waals surface area contributed by atoms with Crippen molar-refractivity contribution in [1.29, 1.82) is 0 Å². The van der Waals surface area contributed by atoms with Gasteiger partial charge in [-0.3, -0.25) is 14.4 Å². The number of morpholine rings is 1. The number of benzene rings is 1. The summed E-state index contributed by atoms with van der Waals surface area (Å²) < 4.78 is 7.16. The molecule has 0 N–H and O–H groups in total. The van der Waals surface area contributed by atoms with Crippen LogP contribution >= 0.6 is 0 Å². The fourth-order valence-corrected chi connectivity index (χ4v) is 4.09. The lowest BCUT2D eigenvalue weighted by Gasteiger charge is -2.26. The van der Waals surface area contributed by atoms with Gasteiger partial charge < -0.3 is 9.64 Å². The van der Waals surface area contributed by atoms with Crippen molar-refractivity contribution >= 4 is 5.91 Å². The van der Waals surface area contributed by atoms with Crippen LogP contribution in [0.2, 0.25) is 0 Å². The number of likely N-dealkylation sites (tertiary alicyclic amines) is 1. The average Bonchev–Trinajstić information content (AvgIpc) is 3.09. The van der Waals surface area contributed by atoms with Crippen LogP contribution in [0.5, 0.6) is 0 Å². The van der Waals surface area contributed by atoms with Crippen LogP contribution in [-0.4, -0.2) is 76.6 Å². The summed E-state index contributed by atoms with van der Waals surface area (Å²) in [5.41, 5.74) is 1.84. The molecule has 0 radical (unpaired) electrons. The van der Waals surface area contributed by atoms with Crippen LogP contribution in [0.4, 0.5) is 0 Å². The first kappa shape index (κ1) is 19.1. The lowest BCUT2D eigenvalue weighted by Crippen LogP contribution is -2.38. The quantitative estimate of drug-likeness (QED) is 0.790. The molecule has 28 heavy (non-hydrogen) atoms. The zero-order chi connectivity index (χ0) is 19.2. The van der Waals surface area contributed by atoms with Gasteiger partial charge in [-0.1, -0.05) is 35.5 Å². The van der Waals surface area contributed by atoms with Crippen LogP contribution in [0.3, 0.4) is 0 Å². The van der Waals surface area contributed by atoms with Crippen molar-refractivity contribution in [3.63, 3.8) is 0 Å². The van der Waals surface area contributed by atoms with E-state index in [-0.39, 0.29) is 5.91 Å². The minimum absolute atomic E-state index is 0.00586. The van der Waals surface area contributed by atoms with Gasteiger partial charge in [0.05, 0.1) is 26.0 Å². The summed E-state index contributed by atoms with van der Waals surface area (Å²) in [5, 5.41) is 8.31. The Labute approximate surface area is 166 Å². The standard InChI is InChI=1S/C21H29N5O2/c27-21(20-17-26(23-22-20)12-11-24-13-15-28-16-14-24)25-9-4-7-19(8-10-25)18-5-2-1-3-6-18/h1-3,5-6,17,19H,4,7-16H2/t19-/m1/s1. The fraction of sp³-hybridized carbons (Fsp3) is 0.571. The molecule has 7 nitrogen and oxygen atoms in total. The number of amides is 1. The third-order valence-electron chi connectivity index (χ3n) is 5.79. The molecule has 1 aromatic heterocycles. The Kier molecular flexibility index (Phi) is 6.34. The Morgan fingerprint density at radius 1 is 1.04 bits per heavy atom. The highest BCUT2D eigenvalue weighted by Gasteiger charge is 2.24. The average molecular weight is 383 g/mol. The molecule has 150 valence electrons. The Hall–Kier alpha value is -2.25. The first-order valence-electron chi connectivity index (χ1n) is 10.3. The van der Waals surface area contributed by atoms with Gasteiger partial charge in [-0.25, -0.2) is 0 Å². The van der Waals surface area contributed by atoms with Gasteiger partial charge in [-0.05, 0) is 30.7 Å². The predicted molar refractivity (Wildman–Crippen MR) is 106 cm³/mol. The molecule has 0 bridgehead atoms. The Morgan fingerprint density at radius 3 is 2.68 bits per heavy atom. The van der Waals surface area contributed by atoms with Crippen LogP contribution in [0.15, 0.2) is 36.5 Å². The van der Waals surface area contributed by atoms with Crippen molar-refractivity contribution in [1.82, 2.24) is 24.8 Å². The maximum atomic E-state index is 12.9. The monoisotopic (exact) mass is 383 g/mol. The number of ether oxygens (including phenoxy) is 1. The molecule has 7 heteroatoms. The topological polar surface area (TPSA) is 63.5 Å². The minimum Gasteiger partial charge on any atom is -0.379 e. The van der Waals surface area contributed by atoms with Crippen molar-refractivity contribution in [2.24, 2.45) is 0 Å². The second kappa shape index (κ2) is 9.30. The molecule has 3 heterocycles. The van der Waals surface area contributed by atoms with Crippen LogP contribution in [0.1, 0.15) is 41.2 Å². The van der Waals surface area contributed by atoms with Crippen molar-refractivity contribution < 1.29 is 9.53 Å². The van der Waals surface area contributed by atoms with Gasteiger partial charge >= 0.3 is 0 Å². The molecule has 2 aromatic rings. The lowest BCUT2D eigenvalue weighted by atomic mass is 9.92. The van der Waals surface area contributed by atoms with E-state index in [9.17, 15) is 4.79 Å². The first-order chi connectivity index (χ1) is 13.8. The number of hydrogen-bond donors (Lipinski definition) is 0. The number of carbonyl (C=O) groups excluding carboxylic acids is 1. The number of aromatic nitrogens is 3. The summed E-state index contributed by atoms with van der Waals surface area (Å²) >= 11 is 0. The maximum absolute atomic E-state index is 12.9. The molecule has 1 amide bonds. The molecule has 2 fully saturated rings. The zero-order valence-corrected chi connectivity index (χ0v) is 16.4. The molecule has 0 spiro atoms. The highest BCUT2D eigenvalue weighted by molar-refractivity contribution is 5.91. The molecule has 1 aromatic carbocycles. The van der Waals surface area contributed by atoms with E-state index in [1.165, 1.54) is 5.56 Å². The van der Waals surface area contributed by atoms with Gasteiger partial charge in [-0.2, -0.15) is 0 Å². The minimum atomic E-state index is 0.00586. The molecule has 2 saturated heterocycles. The highest BCUT2D eigenvalue weighted by atomic mass is 16.5. The number of rotatable bonds is 5. The molecule has 4 rings (SSSR count). The summed E-state index contributed by atoms with van der Waals surface area (Å²) in [7, 11) is 0. The van der Waals surface area contributed by atoms with Gasteiger partial charge in [0.15, 0.2) is 5.69 Å². The van der Waals surface area contributed by atoms with E-state index in [1.807, 2.05) is 4.90 Å². The second-order valence-corrected chi connectivity index (χ2v) is 7.65. The first-order valence-corrected chi connectivity index (χ1v) is 10.3. The number of hydrogen-bond acceptors (Lipinski definition) is 5. The smallest absolute Gasteiger partial charge is 0.276 e. The lowest BCUT2D eigenvalue weighted by molar-refractivity contribution is 0.0359. The SMILES string of the molecule is O=C(c1cn(CCN2CCOCC2)nn1)N1CCC[C@@H](c2ccccc2)CC1. The Morgan fingerprint density at radius 2 is 1.86 bits per heavy atom. The largest absolute Gasteiger partial charge is 0.379 e. The van der Waals surface area contributed by atoms with Crippen LogP contribution in [-0.2, 0) is 11.3 Å². The molecule has 2 aliphatic rings. The Balaban J connectivity index is 1.31. The third kappa shape index (κ3) is 4.77. The molecule has 0 saturated carbocycles. The van der Waals surface area contributed by atoms with Crippen molar-refractivity contribution in [3.05, 3.63) is 47.8 Å². The molecule has 2 aliphatic heterocycles. The number of nitrogens with zero attached hydrogens (tertiary/aromatic N) is 5. The predicted octanol–water partition coefficient (Wildman–Crippen LogP) is 2.02. The van der Waals surface area contributed by atoms with E-state index >= 15 is 0 Å². The molecule has 1 atom stereocenters. The van der Waals surface area contributed by atoms with Crippen molar-refractivity contribution in [2.75, 3.05) is 45.9 Å². The molecular formula is C21H29N5O2. The van der Waals surface area contributed by atoms with E-state index in [0.29, 0.717) is 11.6 Å². The molecule has 0 aliphatic carbocycles. The van der Waals surface area contributed by atoms with Crippen LogP contribution < -0.4 is 0 Å². The summed E-state index contributed by atoms with van der Waals surface area (Å²) in [6.45, 7) is 6.72. The van der Waals surface area contributed by atoms with E-state index in [4.69, 9.17) is 4.74 Å². The maximum Gasteiger partial charge on any atom is 0.276 e. The van der Waals surface area contributed by atoms with Gasteiger partial charge in [0, 0.05) is 32.7 Å². The second-order valence-electron chi connectivity index (χ2n) is 7.65. The Bertz CT molecular complexity index is 757. The fourth-order valence-electron chi connectivity index (χ4n) is 4.09. The molecule has 0 unspecified atom stereocenters. The van der Waals surface area contributed by atoms with E-state index in [0.717, 1.165) is 71.7 Å². The van der Waals surface area contributed by atoms with Crippen LogP contribution in [0, 0.1) is 0 Å². The molecular weight excluding hydrogens is 354 g/mol. The number of carbonyl (C=O) groups is 1. The highest BCUT2D eigenvalue weighted by Crippen LogP contribution is 2.28. The normalized spacial score (nSPS) is 21.4. The summed E-state index contributed by atoms with van der Waals surface area (Å²) in [6.07, 6.45) is 4.94. The van der Waals surface area contributed by atoms with E-state index in [1.54, 1.807) is 10.9 Å². The van der Waals surface area contributed by atoms with Gasteiger partial charge in [0.25, 0.3) is 5.91 Å². The van der Waals surface area contributed by atoms with Gasteiger partial charge in [0.1, 0.15) is 0 Å². The van der Waals surface area contributed by atoms with E-state index < -0.39 is 0 Å². The summed E-state index contributed by atoms with van der Waals surface area (Å²) in [6, 6.07) is 10.6. The third-order valence-corrected chi connectivity index (χ3v) is 5.79. The van der Waals surface area contributed by atoms with Crippen molar-refractivity contribution in [3.8, 4) is 0 Å². The van der Waals surface area contributed by atoms with Crippen molar-refractivity contribution in [2.45, 2.75) is 31.7 Å². The summed E-state index contributed by atoms with van der Waals surface area (Å²) in [5.74, 6) is 0.537. The van der Waals surface area contributed by atoms with Gasteiger partial charge in [-0.15, -0.1) is 5.10 Å².